The number of benzene rings is 2. The van der Waals surface area contributed by atoms with Crippen LogP contribution in [0.4, 0.5) is 5.69 Å². The molecule has 1 aliphatic rings. The van der Waals surface area contributed by atoms with Crippen molar-refractivity contribution in [3.8, 4) is 6.07 Å². The summed E-state index contributed by atoms with van der Waals surface area (Å²) in [4.78, 5) is 24.7. The number of para-hydroxylation sites is 2. The Morgan fingerprint density at radius 2 is 1.88 bits per heavy atom. The Hall–Kier alpha value is -4.15. The van der Waals surface area contributed by atoms with E-state index in [9.17, 15) is 10.1 Å². The van der Waals surface area contributed by atoms with Crippen molar-refractivity contribution >= 4 is 45.5 Å². The van der Waals surface area contributed by atoms with Crippen LogP contribution in [0, 0.1) is 11.3 Å². The number of fused-ring (bicyclic) bond motifs is 1. The molecule has 0 spiro atoms. The summed E-state index contributed by atoms with van der Waals surface area (Å²) in [6, 6.07) is 23.5. The van der Waals surface area contributed by atoms with Gasteiger partial charge in [-0.15, -0.1) is 0 Å². The number of nitrogens with zero attached hydrogens (tertiary/aromatic N) is 5. The lowest BCUT2D eigenvalue weighted by Gasteiger charge is -2.15. The molecule has 2 aromatic carbocycles. The summed E-state index contributed by atoms with van der Waals surface area (Å²) in [6.45, 7) is 0.636. The number of aliphatic imine (C=N–C) groups is 1. The number of rotatable bonds is 5. The van der Waals surface area contributed by atoms with Gasteiger partial charge >= 0.3 is 0 Å². The molecule has 0 aliphatic carbocycles. The van der Waals surface area contributed by atoms with E-state index >= 15 is 0 Å². The fourth-order valence-electron chi connectivity index (χ4n) is 3.76. The maximum atomic E-state index is 13.5. The van der Waals surface area contributed by atoms with Gasteiger partial charge in [-0.25, -0.2) is 4.99 Å². The fraction of sp³-hybridized carbons (Fsp3) is 0.0769. The smallest absolute Gasteiger partial charge is 0.267 e. The molecule has 0 bridgehead atoms. The Morgan fingerprint density at radius 1 is 1.06 bits per heavy atom. The second kappa shape index (κ2) is 9.15. The van der Waals surface area contributed by atoms with Gasteiger partial charge in [0.1, 0.15) is 6.54 Å². The van der Waals surface area contributed by atoms with E-state index in [1.54, 1.807) is 17.3 Å². The zero-order chi connectivity index (χ0) is 22.6. The third kappa shape index (κ3) is 4.29. The standard InChI is InChI=1S/C26H19N5OS/c27-12-14-30-18-20(22-10-4-5-11-23(22)30)15-24-25(32)31(17-19-7-6-13-28-16-19)26(33-24)29-21-8-2-1-3-9-21/h1-11,13,15-16,18H,14,17H2/b24-15-,29-26?. The van der Waals surface area contributed by atoms with Crippen LogP contribution in [0.3, 0.4) is 0 Å². The van der Waals surface area contributed by atoms with Crippen LogP contribution in [0.1, 0.15) is 11.1 Å². The highest BCUT2D eigenvalue weighted by atomic mass is 32.2. The molecule has 1 saturated heterocycles. The molecule has 0 atom stereocenters. The lowest BCUT2D eigenvalue weighted by atomic mass is 10.1. The molecule has 1 amide bonds. The molecule has 2 aromatic heterocycles. The van der Waals surface area contributed by atoms with E-state index in [1.807, 2.05) is 83.6 Å². The van der Waals surface area contributed by atoms with Crippen LogP contribution in [0.2, 0.25) is 0 Å². The number of amidine groups is 1. The van der Waals surface area contributed by atoms with Crippen LogP contribution in [-0.2, 0) is 17.9 Å². The van der Waals surface area contributed by atoms with Crippen molar-refractivity contribution in [1.29, 1.82) is 5.26 Å². The number of aromatic nitrogens is 2. The van der Waals surface area contributed by atoms with E-state index in [0.717, 1.165) is 27.7 Å². The normalized spacial score (nSPS) is 16.1. The van der Waals surface area contributed by atoms with Gasteiger partial charge in [-0.3, -0.25) is 14.7 Å². The van der Waals surface area contributed by atoms with Gasteiger partial charge in [0.25, 0.3) is 5.91 Å². The number of hydrogen-bond donors (Lipinski definition) is 0. The molecule has 0 unspecified atom stereocenters. The lowest BCUT2D eigenvalue weighted by Crippen LogP contribution is -2.28. The van der Waals surface area contributed by atoms with E-state index < -0.39 is 0 Å². The molecule has 0 N–H and O–H groups in total. The van der Waals surface area contributed by atoms with Gasteiger partial charge in [0, 0.05) is 35.1 Å². The first-order valence-corrected chi connectivity index (χ1v) is 11.2. The van der Waals surface area contributed by atoms with Gasteiger partial charge in [-0.1, -0.05) is 42.5 Å². The number of carbonyl (C=O) groups is 1. The number of nitriles is 1. The largest absolute Gasteiger partial charge is 0.333 e. The molecule has 3 heterocycles. The second-order valence-electron chi connectivity index (χ2n) is 7.48. The second-order valence-corrected chi connectivity index (χ2v) is 8.49. The van der Waals surface area contributed by atoms with Gasteiger partial charge in [0.15, 0.2) is 5.17 Å². The zero-order valence-corrected chi connectivity index (χ0v) is 18.4. The summed E-state index contributed by atoms with van der Waals surface area (Å²) >= 11 is 1.36. The van der Waals surface area contributed by atoms with Crippen LogP contribution in [0.5, 0.6) is 0 Å². The quantitative estimate of drug-likeness (QED) is 0.384. The topological polar surface area (TPSA) is 74.3 Å². The Bertz CT molecular complexity index is 1420. The summed E-state index contributed by atoms with van der Waals surface area (Å²) in [6.07, 6.45) is 7.29. The maximum absolute atomic E-state index is 13.5. The Morgan fingerprint density at radius 3 is 2.67 bits per heavy atom. The van der Waals surface area contributed by atoms with Crippen LogP contribution in [-0.4, -0.2) is 25.5 Å². The minimum Gasteiger partial charge on any atom is -0.333 e. The number of amides is 1. The van der Waals surface area contributed by atoms with Crippen molar-refractivity contribution in [2.45, 2.75) is 13.1 Å². The summed E-state index contributed by atoms with van der Waals surface area (Å²) in [5, 5.41) is 10.8. The highest BCUT2D eigenvalue weighted by Crippen LogP contribution is 2.36. The van der Waals surface area contributed by atoms with E-state index in [1.165, 1.54) is 11.8 Å². The van der Waals surface area contributed by atoms with Gasteiger partial charge in [0.2, 0.25) is 0 Å². The molecule has 5 rings (SSSR count). The average molecular weight is 450 g/mol. The van der Waals surface area contributed by atoms with E-state index in [0.29, 0.717) is 16.6 Å². The Labute approximate surface area is 195 Å². The SMILES string of the molecule is N#CCn1cc(/C=C2\SC(=Nc3ccccc3)N(Cc3cccnc3)C2=O)c2ccccc21. The molecular weight excluding hydrogens is 430 g/mol. The van der Waals surface area contributed by atoms with Gasteiger partial charge < -0.3 is 4.57 Å². The molecular formula is C26H19N5OS. The van der Waals surface area contributed by atoms with Gasteiger partial charge in [-0.2, -0.15) is 5.26 Å². The highest BCUT2D eigenvalue weighted by Gasteiger charge is 2.33. The van der Waals surface area contributed by atoms with Crippen molar-refractivity contribution in [1.82, 2.24) is 14.5 Å². The minimum atomic E-state index is -0.101. The lowest BCUT2D eigenvalue weighted by molar-refractivity contribution is -0.122. The van der Waals surface area contributed by atoms with Crippen LogP contribution < -0.4 is 0 Å². The van der Waals surface area contributed by atoms with E-state index in [4.69, 9.17) is 4.99 Å². The van der Waals surface area contributed by atoms with Crippen molar-refractivity contribution in [3.05, 3.63) is 101 Å². The first-order chi connectivity index (χ1) is 16.2. The van der Waals surface area contributed by atoms with E-state index in [-0.39, 0.29) is 12.5 Å². The number of carbonyl (C=O) groups excluding carboxylic acids is 1. The molecule has 7 heteroatoms. The molecule has 0 saturated carbocycles. The highest BCUT2D eigenvalue weighted by molar-refractivity contribution is 8.18. The first-order valence-electron chi connectivity index (χ1n) is 10.4. The number of hydrogen-bond acceptors (Lipinski definition) is 5. The Kier molecular flexibility index (Phi) is 5.75. The van der Waals surface area contributed by atoms with E-state index in [2.05, 4.69) is 11.1 Å². The molecule has 160 valence electrons. The van der Waals surface area contributed by atoms with Crippen molar-refractivity contribution < 1.29 is 4.79 Å². The zero-order valence-electron chi connectivity index (χ0n) is 17.6. The predicted octanol–water partition coefficient (Wildman–Crippen LogP) is 5.36. The maximum Gasteiger partial charge on any atom is 0.267 e. The van der Waals surface area contributed by atoms with Crippen molar-refractivity contribution in [2.24, 2.45) is 4.99 Å². The molecule has 4 aromatic rings. The number of pyridine rings is 1. The third-order valence-corrected chi connectivity index (χ3v) is 6.29. The summed E-state index contributed by atoms with van der Waals surface area (Å²) < 4.78 is 1.90. The minimum absolute atomic E-state index is 0.101. The molecule has 33 heavy (non-hydrogen) atoms. The average Bonchev–Trinajstić information content (AvgIpc) is 3.33. The first kappa shape index (κ1) is 20.7. The van der Waals surface area contributed by atoms with Gasteiger partial charge in [-0.05, 0) is 47.7 Å². The van der Waals surface area contributed by atoms with Crippen LogP contribution in [0.15, 0.2) is 95.2 Å². The van der Waals surface area contributed by atoms with Crippen molar-refractivity contribution in [2.75, 3.05) is 0 Å². The Balaban J connectivity index is 1.56. The third-order valence-electron chi connectivity index (χ3n) is 5.28. The summed E-state index contributed by atoms with van der Waals surface area (Å²) in [5.74, 6) is -0.101. The fourth-order valence-corrected chi connectivity index (χ4v) is 4.75. The van der Waals surface area contributed by atoms with Crippen molar-refractivity contribution in [3.63, 3.8) is 0 Å². The summed E-state index contributed by atoms with van der Waals surface area (Å²) in [5.41, 5.74) is 3.58. The van der Waals surface area contributed by atoms with Crippen LogP contribution >= 0.6 is 11.8 Å². The molecule has 0 radical (unpaired) electrons. The molecule has 1 fully saturated rings. The van der Waals surface area contributed by atoms with Crippen LogP contribution in [0.25, 0.3) is 17.0 Å². The predicted molar refractivity (Wildman–Crippen MR) is 131 cm³/mol. The number of thioether (sulfide) groups is 1. The summed E-state index contributed by atoms with van der Waals surface area (Å²) in [7, 11) is 0. The monoisotopic (exact) mass is 449 g/mol. The van der Waals surface area contributed by atoms with Gasteiger partial charge in [0.05, 0.1) is 23.2 Å². The molecule has 6 nitrogen and oxygen atoms in total. The molecule has 1 aliphatic heterocycles.